The molecule has 1 aliphatic carbocycles. The number of alkyl halides is 1. The largest absolute Gasteiger partial charge is 0.328 e. The van der Waals surface area contributed by atoms with E-state index in [0.29, 0.717) is 12.8 Å². The molecular weight excluding hydrogens is 251 g/mol. The van der Waals surface area contributed by atoms with E-state index in [2.05, 4.69) is 0 Å². The van der Waals surface area contributed by atoms with Gasteiger partial charge in [-0.2, -0.15) is 0 Å². The van der Waals surface area contributed by atoms with E-state index in [4.69, 9.17) is 0 Å². The quantitative estimate of drug-likeness (QED) is 0.585. The molecule has 1 heterocycles. The number of carbonyl (C=O) groups excluding carboxylic acids is 3. The summed E-state index contributed by atoms with van der Waals surface area (Å²) < 4.78 is 13.2. The molecule has 0 spiro atoms. The van der Waals surface area contributed by atoms with Crippen molar-refractivity contribution in [1.82, 2.24) is 10.6 Å². The van der Waals surface area contributed by atoms with E-state index in [1.807, 2.05) is 10.6 Å². The summed E-state index contributed by atoms with van der Waals surface area (Å²) in [5, 5.41) is 3.97. The van der Waals surface area contributed by atoms with Crippen LogP contribution in [0.3, 0.4) is 0 Å². The van der Waals surface area contributed by atoms with Crippen molar-refractivity contribution in [2.75, 3.05) is 0 Å². The number of imide groups is 2. The van der Waals surface area contributed by atoms with Gasteiger partial charge in [-0.05, 0) is 37.7 Å². The highest BCUT2D eigenvalue weighted by Crippen LogP contribution is 2.27. The zero-order valence-corrected chi connectivity index (χ0v) is 10.3. The highest BCUT2D eigenvalue weighted by molar-refractivity contribution is 6.28. The standard InChI is InChI=1S/C13H15FN2O3/c14-9-5-1-3-8(7-9)4-2-6-10-11(17)15-13(19)16-12(10)18/h2,4,6,8-9H,1,3,5,7H2,(H2,15,16,17,18,19)/b4-2+. The zero-order valence-electron chi connectivity index (χ0n) is 10.3. The average molecular weight is 266 g/mol. The van der Waals surface area contributed by atoms with Gasteiger partial charge in [-0.3, -0.25) is 20.2 Å². The van der Waals surface area contributed by atoms with Crippen LogP contribution in [0.15, 0.2) is 23.8 Å². The molecule has 0 bridgehead atoms. The average Bonchev–Trinajstić information content (AvgIpc) is 2.32. The van der Waals surface area contributed by atoms with E-state index >= 15 is 0 Å². The second-order valence-corrected chi connectivity index (χ2v) is 4.73. The van der Waals surface area contributed by atoms with E-state index in [9.17, 15) is 18.8 Å². The first kappa shape index (κ1) is 13.5. The van der Waals surface area contributed by atoms with Gasteiger partial charge in [0.15, 0.2) is 0 Å². The summed E-state index contributed by atoms with van der Waals surface area (Å²) in [5.41, 5.74) is -0.122. The minimum atomic E-state index is -0.816. The molecule has 102 valence electrons. The van der Waals surface area contributed by atoms with Gasteiger partial charge in [-0.1, -0.05) is 12.2 Å². The maximum absolute atomic E-state index is 13.2. The third-order valence-corrected chi connectivity index (χ3v) is 3.24. The van der Waals surface area contributed by atoms with Gasteiger partial charge in [-0.25, -0.2) is 9.18 Å². The van der Waals surface area contributed by atoms with Crippen molar-refractivity contribution in [1.29, 1.82) is 0 Å². The highest BCUT2D eigenvalue weighted by atomic mass is 19.1. The summed E-state index contributed by atoms with van der Waals surface area (Å²) in [7, 11) is 0. The Morgan fingerprint density at radius 1 is 1.11 bits per heavy atom. The van der Waals surface area contributed by atoms with Crippen LogP contribution >= 0.6 is 0 Å². The van der Waals surface area contributed by atoms with Crippen LogP contribution in [0.4, 0.5) is 9.18 Å². The number of nitrogens with one attached hydrogen (secondary N) is 2. The first-order valence-electron chi connectivity index (χ1n) is 6.25. The molecular formula is C13H15FN2O3. The molecule has 0 aromatic heterocycles. The fourth-order valence-electron chi connectivity index (χ4n) is 2.28. The number of allylic oxidation sites excluding steroid dienone is 3. The second kappa shape index (κ2) is 5.77. The topological polar surface area (TPSA) is 75.3 Å². The fourth-order valence-corrected chi connectivity index (χ4v) is 2.28. The lowest BCUT2D eigenvalue weighted by Crippen LogP contribution is -2.51. The van der Waals surface area contributed by atoms with E-state index in [1.165, 1.54) is 6.08 Å². The predicted molar refractivity (Wildman–Crippen MR) is 65.8 cm³/mol. The number of urea groups is 1. The molecule has 0 radical (unpaired) electrons. The van der Waals surface area contributed by atoms with Crippen molar-refractivity contribution in [3.05, 3.63) is 23.8 Å². The van der Waals surface area contributed by atoms with Crippen molar-refractivity contribution in [2.45, 2.75) is 31.9 Å². The highest BCUT2D eigenvalue weighted by Gasteiger charge is 2.27. The van der Waals surface area contributed by atoms with Crippen LogP contribution in [0, 0.1) is 5.92 Å². The van der Waals surface area contributed by atoms with Crippen LogP contribution in [0.1, 0.15) is 25.7 Å². The summed E-state index contributed by atoms with van der Waals surface area (Å²) in [6, 6.07) is -0.816. The molecule has 19 heavy (non-hydrogen) atoms. The summed E-state index contributed by atoms with van der Waals surface area (Å²) in [6.45, 7) is 0. The van der Waals surface area contributed by atoms with Crippen molar-refractivity contribution in [3.63, 3.8) is 0 Å². The second-order valence-electron chi connectivity index (χ2n) is 4.73. The first-order valence-corrected chi connectivity index (χ1v) is 6.25. The molecule has 2 atom stereocenters. The summed E-state index contributed by atoms with van der Waals surface area (Å²) in [4.78, 5) is 33.6. The van der Waals surface area contributed by atoms with Gasteiger partial charge in [0.1, 0.15) is 11.7 Å². The predicted octanol–water partition coefficient (Wildman–Crippen LogP) is 1.36. The molecule has 6 heteroatoms. The van der Waals surface area contributed by atoms with Crippen LogP contribution in [0.5, 0.6) is 0 Å². The van der Waals surface area contributed by atoms with Crippen molar-refractivity contribution in [2.24, 2.45) is 5.92 Å². The number of barbiturate groups is 1. The van der Waals surface area contributed by atoms with E-state index in [0.717, 1.165) is 12.8 Å². The van der Waals surface area contributed by atoms with Crippen molar-refractivity contribution in [3.8, 4) is 0 Å². The number of amides is 4. The smallest absolute Gasteiger partial charge is 0.273 e. The first-order chi connectivity index (χ1) is 9.06. The van der Waals surface area contributed by atoms with Crippen LogP contribution in [0.2, 0.25) is 0 Å². The van der Waals surface area contributed by atoms with Crippen LogP contribution in [0.25, 0.3) is 0 Å². The molecule has 1 saturated heterocycles. The van der Waals surface area contributed by atoms with Crippen LogP contribution in [-0.4, -0.2) is 24.0 Å². The lowest BCUT2D eigenvalue weighted by molar-refractivity contribution is -0.124. The zero-order chi connectivity index (χ0) is 13.8. The Balaban J connectivity index is 1.99. The molecule has 4 amide bonds. The molecule has 2 aliphatic rings. The Hall–Kier alpha value is -1.98. The van der Waals surface area contributed by atoms with E-state index < -0.39 is 24.0 Å². The normalized spacial score (nSPS) is 28.3. The van der Waals surface area contributed by atoms with E-state index in [1.54, 1.807) is 12.2 Å². The van der Waals surface area contributed by atoms with Gasteiger partial charge >= 0.3 is 6.03 Å². The Labute approximate surface area is 109 Å². The number of carbonyl (C=O) groups is 3. The summed E-state index contributed by atoms with van der Waals surface area (Å²) in [5.74, 6) is -1.30. The van der Waals surface area contributed by atoms with E-state index in [-0.39, 0.29) is 11.5 Å². The molecule has 2 unspecified atom stereocenters. The summed E-state index contributed by atoms with van der Waals surface area (Å²) >= 11 is 0. The van der Waals surface area contributed by atoms with Gasteiger partial charge in [0.2, 0.25) is 0 Å². The molecule has 2 N–H and O–H groups in total. The molecule has 1 aliphatic heterocycles. The fraction of sp³-hybridized carbons (Fsp3) is 0.462. The van der Waals surface area contributed by atoms with Crippen molar-refractivity contribution < 1.29 is 18.8 Å². The van der Waals surface area contributed by atoms with Crippen molar-refractivity contribution >= 4 is 17.8 Å². The monoisotopic (exact) mass is 266 g/mol. The van der Waals surface area contributed by atoms with Crippen LogP contribution in [-0.2, 0) is 9.59 Å². The van der Waals surface area contributed by atoms with Gasteiger partial charge in [0.25, 0.3) is 11.8 Å². The summed E-state index contributed by atoms with van der Waals surface area (Å²) in [6.07, 6.45) is 6.81. The van der Waals surface area contributed by atoms with Gasteiger partial charge in [-0.15, -0.1) is 0 Å². The Morgan fingerprint density at radius 3 is 2.42 bits per heavy atom. The van der Waals surface area contributed by atoms with Gasteiger partial charge in [0, 0.05) is 0 Å². The third-order valence-electron chi connectivity index (χ3n) is 3.24. The third kappa shape index (κ3) is 3.49. The maximum Gasteiger partial charge on any atom is 0.328 e. The lowest BCUT2D eigenvalue weighted by atomic mass is 9.88. The molecule has 2 rings (SSSR count). The SMILES string of the molecule is O=C1NC(=O)C(=C/C=C/C2CCCC(F)C2)C(=O)N1. The molecule has 5 nitrogen and oxygen atoms in total. The Kier molecular flexibility index (Phi) is 4.09. The molecule has 0 aromatic carbocycles. The molecule has 0 aromatic rings. The molecule has 2 fully saturated rings. The minimum Gasteiger partial charge on any atom is -0.273 e. The minimum absolute atomic E-state index is 0.122. The van der Waals surface area contributed by atoms with Gasteiger partial charge < -0.3 is 0 Å². The lowest BCUT2D eigenvalue weighted by Gasteiger charge is -2.21. The number of rotatable bonds is 2. The molecule has 1 saturated carbocycles. The number of halogens is 1. The Bertz CT molecular complexity index is 449. The Morgan fingerprint density at radius 2 is 1.79 bits per heavy atom. The maximum atomic E-state index is 13.2. The van der Waals surface area contributed by atoms with Gasteiger partial charge in [0.05, 0.1) is 0 Å². The van der Waals surface area contributed by atoms with Crippen LogP contribution < -0.4 is 10.6 Å². The number of hydrogen-bond donors (Lipinski definition) is 2. The number of hydrogen-bond acceptors (Lipinski definition) is 3.